The second-order valence-corrected chi connectivity index (χ2v) is 7.44. The summed E-state index contributed by atoms with van der Waals surface area (Å²) >= 11 is 0. The maximum atomic E-state index is 12.9. The fraction of sp³-hybridized carbons (Fsp3) is 0.600. The number of hydrogen-bond acceptors (Lipinski definition) is 4. The highest BCUT2D eigenvalue weighted by molar-refractivity contribution is 7.89. The Bertz CT molecular complexity index is 582. The van der Waals surface area contributed by atoms with Crippen LogP contribution in [0.25, 0.3) is 0 Å². The third kappa shape index (κ3) is 2.80. The number of morpholine rings is 1. The number of methoxy groups -OCH3 is 1. The second kappa shape index (κ2) is 5.94. The number of ether oxygens (including phenoxy) is 2. The van der Waals surface area contributed by atoms with E-state index in [1.807, 2.05) is 0 Å². The monoisotopic (exact) mass is 311 g/mol. The minimum absolute atomic E-state index is 0.0143. The molecule has 1 saturated heterocycles. The molecule has 3 rings (SSSR count). The molecule has 2 aliphatic rings. The molecule has 21 heavy (non-hydrogen) atoms. The number of sulfonamides is 1. The molecule has 0 spiro atoms. The molecule has 1 aromatic carbocycles. The van der Waals surface area contributed by atoms with Gasteiger partial charge in [0.1, 0.15) is 5.75 Å². The zero-order valence-corrected chi connectivity index (χ0v) is 13.0. The van der Waals surface area contributed by atoms with Gasteiger partial charge in [-0.25, -0.2) is 8.42 Å². The SMILES string of the molecule is COc1ccc(S(=O)(=O)N2CCO[C@@H]3CCCC[C@H]32)cc1. The first kappa shape index (κ1) is 14.8. The maximum absolute atomic E-state index is 12.9. The van der Waals surface area contributed by atoms with Gasteiger partial charge in [0.25, 0.3) is 0 Å². The molecular formula is C15H21NO4S. The summed E-state index contributed by atoms with van der Waals surface area (Å²) in [5.41, 5.74) is 0. The van der Waals surface area contributed by atoms with Crippen molar-refractivity contribution >= 4 is 10.0 Å². The summed E-state index contributed by atoms with van der Waals surface area (Å²) in [6.45, 7) is 0.923. The zero-order chi connectivity index (χ0) is 14.9. The smallest absolute Gasteiger partial charge is 0.243 e. The van der Waals surface area contributed by atoms with Crippen LogP contribution in [0.2, 0.25) is 0 Å². The van der Waals surface area contributed by atoms with Crippen molar-refractivity contribution in [2.24, 2.45) is 0 Å². The van der Waals surface area contributed by atoms with E-state index in [0.29, 0.717) is 23.8 Å². The molecule has 0 radical (unpaired) electrons. The standard InChI is InChI=1S/C15H21NO4S/c1-19-12-6-8-13(9-7-12)21(17,18)16-10-11-20-15-5-3-2-4-14(15)16/h6-9,14-15H,2-5,10-11H2,1H3/t14-,15-/m1/s1. The summed E-state index contributed by atoms with van der Waals surface area (Å²) < 4.78 is 38.2. The van der Waals surface area contributed by atoms with E-state index in [2.05, 4.69) is 0 Å². The molecule has 0 N–H and O–H groups in total. The van der Waals surface area contributed by atoms with Crippen LogP contribution < -0.4 is 4.74 Å². The van der Waals surface area contributed by atoms with Crippen LogP contribution in [0, 0.1) is 0 Å². The van der Waals surface area contributed by atoms with E-state index >= 15 is 0 Å². The summed E-state index contributed by atoms with van der Waals surface area (Å²) in [5.74, 6) is 0.659. The topological polar surface area (TPSA) is 55.8 Å². The van der Waals surface area contributed by atoms with Crippen molar-refractivity contribution in [1.29, 1.82) is 0 Å². The minimum atomic E-state index is -3.46. The van der Waals surface area contributed by atoms with Gasteiger partial charge in [0.05, 0.1) is 30.8 Å². The molecule has 1 saturated carbocycles. The molecule has 1 aliphatic carbocycles. The number of benzene rings is 1. The Hall–Kier alpha value is -1.11. The Morgan fingerprint density at radius 3 is 2.62 bits per heavy atom. The van der Waals surface area contributed by atoms with Crippen LogP contribution in [-0.4, -0.2) is 45.1 Å². The average Bonchev–Trinajstić information content (AvgIpc) is 2.54. The van der Waals surface area contributed by atoms with Gasteiger partial charge < -0.3 is 9.47 Å². The van der Waals surface area contributed by atoms with E-state index in [0.717, 1.165) is 25.7 Å². The Labute approximate surface area is 125 Å². The summed E-state index contributed by atoms with van der Waals surface area (Å²) in [6.07, 6.45) is 4.09. The third-order valence-electron chi connectivity index (χ3n) is 4.35. The summed E-state index contributed by atoms with van der Waals surface area (Å²) in [7, 11) is -1.89. The van der Waals surface area contributed by atoms with E-state index in [-0.39, 0.29) is 12.1 Å². The lowest BCUT2D eigenvalue weighted by Gasteiger charge is -2.42. The van der Waals surface area contributed by atoms with Gasteiger partial charge in [-0.05, 0) is 37.1 Å². The lowest BCUT2D eigenvalue weighted by Crippen LogP contribution is -2.54. The van der Waals surface area contributed by atoms with Crippen LogP contribution in [0.5, 0.6) is 5.75 Å². The molecular weight excluding hydrogens is 290 g/mol. The van der Waals surface area contributed by atoms with Crippen molar-refractivity contribution in [1.82, 2.24) is 4.31 Å². The van der Waals surface area contributed by atoms with Crippen molar-refractivity contribution in [2.75, 3.05) is 20.3 Å². The Morgan fingerprint density at radius 2 is 1.90 bits per heavy atom. The average molecular weight is 311 g/mol. The predicted molar refractivity (Wildman–Crippen MR) is 78.9 cm³/mol. The molecule has 2 fully saturated rings. The normalized spacial score (nSPS) is 27.1. The van der Waals surface area contributed by atoms with Gasteiger partial charge in [0.2, 0.25) is 10.0 Å². The lowest BCUT2D eigenvalue weighted by atomic mass is 9.91. The molecule has 1 heterocycles. The molecule has 0 unspecified atom stereocenters. The van der Waals surface area contributed by atoms with Gasteiger partial charge in [-0.15, -0.1) is 0 Å². The summed E-state index contributed by atoms with van der Waals surface area (Å²) in [6, 6.07) is 6.58. The number of nitrogens with zero attached hydrogens (tertiary/aromatic N) is 1. The van der Waals surface area contributed by atoms with E-state index < -0.39 is 10.0 Å². The molecule has 0 aromatic heterocycles. The van der Waals surface area contributed by atoms with Crippen LogP contribution >= 0.6 is 0 Å². The van der Waals surface area contributed by atoms with Gasteiger partial charge in [-0.1, -0.05) is 12.8 Å². The molecule has 0 bridgehead atoms. The van der Waals surface area contributed by atoms with Crippen molar-refractivity contribution < 1.29 is 17.9 Å². The fourth-order valence-corrected chi connectivity index (χ4v) is 4.91. The molecule has 6 heteroatoms. The summed E-state index contributed by atoms with van der Waals surface area (Å²) in [4.78, 5) is 0.328. The maximum Gasteiger partial charge on any atom is 0.243 e. The van der Waals surface area contributed by atoms with Gasteiger partial charge in [-0.2, -0.15) is 4.31 Å². The second-order valence-electron chi connectivity index (χ2n) is 5.55. The van der Waals surface area contributed by atoms with Crippen molar-refractivity contribution in [3.05, 3.63) is 24.3 Å². The van der Waals surface area contributed by atoms with Crippen molar-refractivity contribution in [2.45, 2.75) is 42.7 Å². The van der Waals surface area contributed by atoms with Crippen molar-refractivity contribution in [3.8, 4) is 5.75 Å². The first-order valence-electron chi connectivity index (χ1n) is 7.40. The molecule has 2 atom stereocenters. The molecule has 0 amide bonds. The molecule has 1 aromatic rings. The minimum Gasteiger partial charge on any atom is -0.497 e. The van der Waals surface area contributed by atoms with Gasteiger partial charge in [0, 0.05) is 6.54 Å². The molecule has 1 aliphatic heterocycles. The Morgan fingerprint density at radius 1 is 1.19 bits per heavy atom. The largest absolute Gasteiger partial charge is 0.497 e. The lowest BCUT2D eigenvalue weighted by molar-refractivity contribution is -0.0586. The number of fused-ring (bicyclic) bond motifs is 1. The van der Waals surface area contributed by atoms with Crippen LogP contribution in [-0.2, 0) is 14.8 Å². The van der Waals surface area contributed by atoms with Crippen LogP contribution in [0.15, 0.2) is 29.2 Å². The van der Waals surface area contributed by atoms with Gasteiger partial charge in [-0.3, -0.25) is 0 Å². The van der Waals surface area contributed by atoms with Crippen LogP contribution in [0.1, 0.15) is 25.7 Å². The summed E-state index contributed by atoms with van der Waals surface area (Å²) in [5, 5.41) is 0. The highest BCUT2D eigenvalue weighted by Crippen LogP contribution is 2.32. The Kier molecular flexibility index (Phi) is 4.19. The van der Waals surface area contributed by atoms with E-state index in [1.165, 1.54) is 0 Å². The van der Waals surface area contributed by atoms with Gasteiger partial charge >= 0.3 is 0 Å². The van der Waals surface area contributed by atoms with E-state index in [9.17, 15) is 8.42 Å². The first-order chi connectivity index (χ1) is 10.1. The third-order valence-corrected chi connectivity index (χ3v) is 6.29. The first-order valence-corrected chi connectivity index (χ1v) is 8.84. The molecule has 116 valence electrons. The quantitative estimate of drug-likeness (QED) is 0.857. The Balaban J connectivity index is 1.88. The fourth-order valence-electron chi connectivity index (χ4n) is 3.24. The predicted octanol–water partition coefficient (Wildman–Crippen LogP) is 2.03. The van der Waals surface area contributed by atoms with Crippen LogP contribution in [0.4, 0.5) is 0 Å². The number of hydrogen-bond donors (Lipinski definition) is 0. The van der Waals surface area contributed by atoms with E-state index in [4.69, 9.17) is 9.47 Å². The van der Waals surface area contributed by atoms with Crippen molar-refractivity contribution in [3.63, 3.8) is 0 Å². The molecule has 5 nitrogen and oxygen atoms in total. The zero-order valence-electron chi connectivity index (χ0n) is 12.2. The van der Waals surface area contributed by atoms with Crippen LogP contribution in [0.3, 0.4) is 0 Å². The van der Waals surface area contributed by atoms with Gasteiger partial charge in [0.15, 0.2) is 0 Å². The highest BCUT2D eigenvalue weighted by Gasteiger charge is 2.40. The highest BCUT2D eigenvalue weighted by atomic mass is 32.2. The number of rotatable bonds is 3. The van der Waals surface area contributed by atoms with E-state index in [1.54, 1.807) is 35.7 Å².